The molecular formula is C14H18BrN3. The summed E-state index contributed by atoms with van der Waals surface area (Å²) in [6.45, 7) is 2.45. The maximum atomic E-state index is 4.70. The maximum Gasteiger partial charge on any atom is 0.137 e. The Morgan fingerprint density at radius 3 is 2.83 bits per heavy atom. The summed E-state index contributed by atoms with van der Waals surface area (Å²) in [6, 6.07) is 4.10. The molecule has 0 aromatic carbocycles. The lowest BCUT2D eigenvalue weighted by molar-refractivity contribution is 0.218. The standard InChI is InChI=1S/C14H18BrN3/c1-17-6-4-11(5-7-17)8-13-10-18-9-12(15)2-3-14(18)16-13/h2-3,9-11H,4-8H2,1H3. The molecule has 4 heteroatoms. The van der Waals surface area contributed by atoms with Crippen LogP contribution in [0.3, 0.4) is 0 Å². The van der Waals surface area contributed by atoms with Crippen molar-refractivity contribution in [2.75, 3.05) is 20.1 Å². The van der Waals surface area contributed by atoms with Crippen molar-refractivity contribution in [2.24, 2.45) is 5.92 Å². The maximum absolute atomic E-state index is 4.70. The number of piperidine rings is 1. The highest BCUT2D eigenvalue weighted by atomic mass is 79.9. The molecule has 0 N–H and O–H groups in total. The molecule has 0 spiro atoms. The highest BCUT2D eigenvalue weighted by Gasteiger charge is 2.18. The fourth-order valence-corrected chi connectivity index (χ4v) is 3.03. The SMILES string of the molecule is CN1CCC(Cc2cn3cc(Br)ccc3n2)CC1. The second-order valence-corrected chi connectivity index (χ2v) is 6.21. The van der Waals surface area contributed by atoms with E-state index in [1.807, 2.05) is 6.07 Å². The summed E-state index contributed by atoms with van der Waals surface area (Å²) in [5.41, 5.74) is 2.27. The highest BCUT2D eigenvalue weighted by Crippen LogP contribution is 2.21. The van der Waals surface area contributed by atoms with Gasteiger partial charge in [0.05, 0.1) is 5.69 Å². The number of pyridine rings is 1. The summed E-state index contributed by atoms with van der Waals surface area (Å²) in [4.78, 5) is 7.11. The lowest BCUT2D eigenvalue weighted by atomic mass is 9.93. The van der Waals surface area contributed by atoms with Crippen molar-refractivity contribution in [1.29, 1.82) is 0 Å². The first-order valence-corrected chi connectivity index (χ1v) is 7.32. The molecule has 3 heterocycles. The van der Waals surface area contributed by atoms with Crippen LogP contribution in [0.2, 0.25) is 0 Å². The van der Waals surface area contributed by atoms with E-state index in [-0.39, 0.29) is 0 Å². The molecule has 96 valence electrons. The Morgan fingerprint density at radius 2 is 2.06 bits per heavy atom. The summed E-state index contributed by atoms with van der Waals surface area (Å²) in [7, 11) is 2.21. The molecule has 1 aliphatic rings. The quantitative estimate of drug-likeness (QED) is 0.850. The average Bonchev–Trinajstić information content (AvgIpc) is 2.73. The van der Waals surface area contributed by atoms with Gasteiger partial charge in [-0.1, -0.05) is 0 Å². The fourth-order valence-electron chi connectivity index (χ4n) is 2.68. The van der Waals surface area contributed by atoms with E-state index in [4.69, 9.17) is 4.98 Å². The molecule has 0 atom stereocenters. The molecule has 1 saturated heterocycles. The van der Waals surface area contributed by atoms with Gasteiger partial charge < -0.3 is 9.30 Å². The van der Waals surface area contributed by atoms with Crippen molar-refractivity contribution in [3.05, 3.63) is 34.7 Å². The van der Waals surface area contributed by atoms with Crippen molar-refractivity contribution in [1.82, 2.24) is 14.3 Å². The van der Waals surface area contributed by atoms with Crippen LogP contribution in [0.15, 0.2) is 29.0 Å². The third kappa shape index (κ3) is 2.59. The van der Waals surface area contributed by atoms with E-state index in [2.05, 4.69) is 50.7 Å². The lowest BCUT2D eigenvalue weighted by Crippen LogP contribution is -2.30. The van der Waals surface area contributed by atoms with Gasteiger partial charge in [0.2, 0.25) is 0 Å². The van der Waals surface area contributed by atoms with E-state index in [9.17, 15) is 0 Å². The number of imidazole rings is 1. The zero-order valence-corrected chi connectivity index (χ0v) is 12.2. The molecule has 3 nitrogen and oxygen atoms in total. The number of rotatable bonds is 2. The topological polar surface area (TPSA) is 20.5 Å². The van der Waals surface area contributed by atoms with E-state index in [1.165, 1.54) is 31.6 Å². The largest absolute Gasteiger partial charge is 0.306 e. The van der Waals surface area contributed by atoms with Crippen LogP contribution in [-0.4, -0.2) is 34.4 Å². The second-order valence-electron chi connectivity index (χ2n) is 5.30. The molecule has 0 unspecified atom stereocenters. The highest BCUT2D eigenvalue weighted by molar-refractivity contribution is 9.10. The van der Waals surface area contributed by atoms with E-state index < -0.39 is 0 Å². The first-order chi connectivity index (χ1) is 8.70. The molecule has 18 heavy (non-hydrogen) atoms. The van der Waals surface area contributed by atoms with Crippen LogP contribution in [0.1, 0.15) is 18.5 Å². The molecule has 2 aromatic heterocycles. The summed E-state index contributed by atoms with van der Waals surface area (Å²) < 4.78 is 3.20. The minimum Gasteiger partial charge on any atom is -0.306 e. The van der Waals surface area contributed by atoms with Gasteiger partial charge in [-0.3, -0.25) is 0 Å². The predicted octanol–water partition coefficient (Wildman–Crippen LogP) is 2.98. The van der Waals surface area contributed by atoms with Gasteiger partial charge in [-0.15, -0.1) is 0 Å². The zero-order valence-electron chi connectivity index (χ0n) is 10.6. The van der Waals surface area contributed by atoms with E-state index >= 15 is 0 Å². The number of hydrogen-bond donors (Lipinski definition) is 0. The van der Waals surface area contributed by atoms with Gasteiger partial charge in [-0.2, -0.15) is 0 Å². The summed E-state index contributed by atoms with van der Waals surface area (Å²) in [5.74, 6) is 0.801. The summed E-state index contributed by atoms with van der Waals surface area (Å²) in [6.07, 6.45) is 7.95. The van der Waals surface area contributed by atoms with Gasteiger partial charge in [-0.25, -0.2) is 4.98 Å². The van der Waals surface area contributed by atoms with Crippen molar-refractivity contribution >= 4 is 21.6 Å². The van der Waals surface area contributed by atoms with Gasteiger partial charge in [0.1, 0.15) is 5.65 Å². The van der Waals surface area contributed by atoms with E-state index in [0.717, 1.165) is 22.5 Å². The Kier molecular flexibility index (Phi) is 3.39. The molecule has 2 aromatic rings. The monoisotopic (exact) mass is 307 g/mol. The van der Waals surface area contributed by atoms with Crippen molar-refractivity contribution < 1.29 is 0 Å². The van der Waals surface area contributed by atoms with Gasteiger partial charge in [0, 0.05) is 16.9 Å². The first kappa shape index (κ1) is 12.2. The lowest BCUT2D eigenvalue weighted by Gasteiger charge is -2.28. The smallest absolute Gasteiger partial charge is 0.137 e. The third-order valence-corrected chi connectivity index (χ3v) is 4.27. The Bertz CT molecular complexity index is 541. The summed E-state index contributed by atoms with van der Waals surface area (Å²) in [5, 5.41) is 0. The van der Waals surface area contributed by atoms with Crippen LogP contribution in [0, 0.1) is 5.92 Å². The van der Waals surface area contributed by atoms with E-state index in [1.54, 1.807) is 0 Å². The number of likely N-dealkylation sites (tertiary alicyclic amines) is 1. The molecule has 0 aliphatic carbocycles. The Balaban J connectivity index is 1.74. The molecule has 0 amide bonds. The molecule has 0 bridgehead atoms. The van der Waals surface area contributed by atoms with Gasteiger partial charge >= 0.3 is 0 Å². The van der Waals surface area contributed by atoms with Crippen LogP contribution in [0.5, 0.6) is 0 Å². The van der Waals surface area contributed by atoms with Crippen LogP contribution in [0.4, 0.5) is 0 Å². The number of hydrogen-bond acceptors (Lipinski definition) is 2. The Morgan fingerprint density at radius 1 is 1.28 bits per heavy atom. The minimum absolute atomic E-state index is 0.801. The number of aromatic nitrogens is 2. The molecule has 0 saturated carbocycles. The van der Waals surface area contributed by atoms with Gasteiger partial charge in [0.25, 0.3) is 0 Å². The summed E-state index contributed by atoms with van der Waals surface area (Å²) >= 11 is 3.49. The van der Waals surface area contributed by atoms with Crippen molar-refractivity contribution in [2.45, 2.75) is 19.3 Å². The fraction of sp³-hybridized carbons (Fsp3) is 0.500. The molecular weight excluding hydrogens is 290 g/mol. The van der Waals surface area contributed by atoms with Gasteiger partial charge in [-0.05, 0) is 73.4 Å². The van der Waals surface area contributed by atoms with Crippen LogP contribution >= 0.6 is 15.9 Å². The second kappa shape index (κ2) is 5.02. The van der Waals surface area contributed by atoms with Crippen LogP contribution < -0.4 is 0 Å². The predicted molar refractivity (Wildman–Crippen MR) is 76.8 cm³/mol. The number of nitrogens with zero attached hydrogens (tertiary/aromatic N) is 3. The number of halogens is 1. The normalized spacial score (nSPS) is 18.6. The molecule has 3 rings (SSSR count). The molecule has 1 fully saturated rings. The van der Waals surface area contributed by atoms with Crippen LogP contribution in [0.25, 0.3) is 5.65 Å². The Labute approximate surface area is 116 Å². The minimum atomic E-state index is 0.801. The van der Waals surface area contributed by atoms with E-state index in [0.29, 0.717) is 0 Å². The third-order valence-electron chi connectivity index (χ3n) is 3.80. The number of fused-ring (bicyclic) bond motifs is 1. The van der Waals surface area contributed by atoms with Crippen molar-refractivity contribution in [3.63, 3.8) is 0 Å². The first-order valence-electron chi connectivity index (χ1n) is 6.52. The van der Waals surface area contributed by atoms with Gasteiger partial charge in [0.15, 0.2) is 0 Å². The molecule has 1 aliphatic heterocycles. The average molecular weight is 308 g/mol. The zero-order chi connectivity index (χ0) is 12.5. The van der Waals surface area contributed by atoms with Crippen LogP contribution in [-0.2, 0) is 6.42 Å². The molecule has 0 radical (unpaired) electrons. The van der Waals surface area contributed by atoms with Crippen molar-refractivity contribution in [3.8, 4) is 0 Å². The Hall–Kier alpha value is -0.870.